The van der Waals surface area contributed by atoms with Crippen LogP contribution in [-0.2, 0) is 4.79 Å². The van der Waals surface area contributed by atoms with Crippen LogP contribution >= 0.6 is 34.2 Å². The van der Waals surface area contributed by atoms with Gasteiger partial charge >= 0.3 is 5.97 Å². The molecule has 29 heavy (non-hydrogen) atoms. The van der Waals surface area contributed by atoms with Crippen LogP contribution in [0.15, 0.2) is 72.8 Å². The number of carbonyl (C=O) groups excluding carboxylic acids is 2. The molecule has 0 aromatic heterocycles. The number of ether oxygens (including phenoxy) is 2. The molecule has 0 fully saturated rings. The largest absolute Gasteiger partial charge is 0.476 e. The van der Waals surface area contributed by atoms with Crippen molar-refractivity contribution in [2.75, 3.05) is 0 Å². The quantitative estimate of drug-likeness (QED) is 0.175. The maximum Gasteiger partial charge on any atom is 0.355 e. The Bertz CT molecular complexity index is 1030. The molecular formula is C23H18ClIO4. The lowest BCUT2D eigenvalue weighted by atomic mass is 10.0. The van der Waals surface area contributed by atoms with E-state index in [0.29, 0.717) is 27.6 Å². The first-order valence-electron chi connectivity index (χ1n) is 8.82. The molecule has 0 bridgehead atoms. The number of hydrogen-bond donors (Lipinski definition) is 0. The fourth-order valence-corrected chi connectivity index (χ4v) is 3.15. The summed E-state index contributed by atoms with van der Waals surface area (Å²) in [6.07, 6.45) is 0. The van der Waals surface area contributed by atoms with Crippen molar-refractivity contribution in [1.82, 2.24) is 0 Å². The minimum atomic E-state index is -1.21. The van der Waals surface area contributed by atoms with Crippen molar-refractivity contribution in [2.45, 2.75) is 19.4 Å². The summed E-state index contributed by atoms with van der Waals surface area (Å²) < 4.78 is 12.1. The van der Waals surface area contributed by atoms with E-state index in [1.807, 2.05) is 12.1 Å². The first-order chi connectivity index (χ1) is 13.8. The van der Waals surface area contributed by atoms with Crippen LogP contribution in [0, 0.1) is 3.57 Å². The summed E-state index contributed by atoms with van der Waals surface area (Å²) in [6, 6.07) is 20.6. The number of rotatable bonds is 6. The second kappa shape index (κ2) is 8.97. The molecule has 0 spiro atoms. The Morgan fingerprint density at radius 1 is 0.862 bits per heavy atom. The third kappa shape index (κ3) is 5.36. The number of carbonyl (C=O) groups is 2. The van der Waals surface area contributed by atoms with Gasteiger partial charge in [0.25, 0.3) is 0 Å². The van der Waals surface area contributed by atoms with Gasteiger partial charge in [0.2, 0.25) is 5.60 Å². The highest BCUT2D eigenvalue weighted by Gasteiger charge is 2.33. The van der Waals surface area contributed by atoms with Gasteiger partial charge in [0.1, 0.15) is 11.5 Å². The molecule has 0 heterocycles. The van der Waals surface area contributed by atoms with Crippen LogP contribution in [0.3, 0.4) is 0 Å². The Labute approximate surface area is 187 Å². The van der Waals surface area contributed by atoms with Gasteiger partial charge in [0, 0.05) is 16.1 Å². The van der Waals surface area contributed by atoms with Gasteiger partial charge in [-0.1, -0.05) is 23.7 Å². The Morgan fingerprint density at radius 3 is 2.00 bits per heavy atom. The Morgan fingerprint density at radius 2 is 1.41 bits per heavy atom. The van der Waals surface area contributed by atoms with Crippen LogP contribution in [0.4, 0.5) is 0 Å². The molecule has 3 aromatic rings. The Hall–Kier alpha value is -2.38. The zero-order valence-corrected chi connectivity index (χ0v) is 18.7. The molecule has 0 radical (unpaired) electrons. The average Bonchev–Trinajstić information content (AvgIpc) is 2.70. The van der Waals surface area contributed by atoms with E-state index in [4.69, 9.17) is 21.1 Å². The maximum absolute atomic E-state index is 12.6. The molecule has 0 N–H and O–H groups in total. The van der Waals surface area contributed by atoms with E-state index in [2.05, 4.69) is 22.6 Å². The van der Waals surface area contributed by atoms with Crippen molar-refractivity contribution in [3.63, 3.8) is 0 Å². The molecule has 3 rings (SSSR count). The van der Waals surface area contributed by atoms with Crippen LogP contribution in [0.1, 0.15) is 29.8 Å². The Balaban J connectivity index is 1.69. The first-order valence-corrected chi connectivity index (χ1v) is 10.3. The summed E-state index contributed by atoms with van der Waals surface area (Å²) in [7, 11) is 0. The molecule has 0 unspecified atom stereocenters. The van der Waals surface area contributed by atoms with Crippen molar-refractivity contribution >= 4 is 45.9 Å². The summed E-state index contributed by atoms with van der Waals surface area (Å²) in [5.41, 5.74) is -0.149. The smallest absolute Gasteiger partial charge is 0.355 e. The van der Waals surface area contributed by atoms with Gasteiger partial charge in [-0.3, -0.25) is 4.79 Å². The molecule has 0 saturated heterocycles. The highest BCUT2D eigenvalue weighted by molar-refractivity contribution is 14.1. The van der Waals surface area contributed by atoms with Crippen LogP contribution in [-0.4, -0.2) is 17.4 Å². The number of ketones is 1. The average molecular weight is 521 g/mol. The van der Waals surface area contributed by atoms with Crippen LogP contribution < -0.4 is 9.47 Å². The minimum Gasteiger partial charge on any atom is -0.476 e. The monoisotopic (exact) mass is 520 g/mol. The van der Waals surface area contributed by atoms with Gasteiger partial charge in [-0.25, -0.2) is 4.79 Å². The fourth-order valence-electron chi connectivity index (χ4n) is 2.53. The van der Waals surface area contributed by atoms with Gasteiger partial charge in [-0.05, 0) is 97.1 Å². The summed E-state index contributed by atoms with van der Waals surface area (Å²) >= 11 is 7.97. The summed E-state index contributed by atoms with van der Waals surface area (Å²) in [4.78, 5) is 25.1. The van der Waals surface area contributed by atoms with Gasteiger partial charge in [0.05, 0.1) is 3.57 Å². The van der Waals surface area contributed by atoms with Gasteiger partial charge < -0.3 is 9.47 Å². The zero-order chi connectivity index (χ0) is 21.0. The third-order valence-corrected chi connectivity index (χ3v) is 5.27. The van der Waals surface area contributed by atoms with Crippen LogP contribution in [0.5, 0.6) is 11.5 Å². The summed E-state index contributed by atoms with van der Waals surface area (Å²) in [5, 5.41) is 0.574. The predicted molar refractivity (Wildman–Crippen MR) is 121 cm³/mol. The predicted octanol–water partition coefficient (Wildman–Crippen LogP) is 5.94. The van der Waals surface area contributed by atoms with Crippen molar-refractivity contribution in [2.24, 2.45) is 0 Å². The van der Waals surface area contributed by atoms with Crippen molar-refractivity contribution in [3.8, 4) is 11.5 Å². The number of halogens is 2. The second-order valence-electron chi connectivity index (χ2n) is 6.79. The van der Waals surface area contributed by atoms with E-state index in [1.54, 1.807) is 74.5 Å². The van der Waals surface area contributed by atoms with Crippen molar-refractivity contribution in [1.29, 1.82) is 0 Å². The van der Waals surface area contributed by atoms with Gasteiger partial charge in [-0.15, -0.1) is 0 Å². The minimum absolute atomic E-state index is 0.120. The lowest BCUT2D eigenvalue weighted by molar-refractivity contribution is -0.149. The molecule has 6 heteroatoms. The van der Waals surface area contributed by atoms with Gasteiger partial charge in [0.15, 0.2) is 5.78 Å². The fraction of sp³-hybridized carbons (Fsp3) is 0.130. The summed E-state index contributed by atoms with van der Waals surface area (Å²) in [6.45, 7) is 3.27. The van der Waals surface area contributed by atoms with E-state index < -0.39 is 11.6 Å². The lowest BCUT2D eigenvalue weighted by Crippen LogP contribution is -2.41. The Kier molecular flexibility index (Phi) is 6.59. The lowest BCUT2D eigenvalue weighted by Gasteiger charge is -2.24. The molecule has 4 nitrogen and oxygen atoms in total. The molecule has 0 aliphatic carbocycles. The molecule has 0 saturated carbocycles. The molecule has 3 aromatic carbocycles. The highest BCUT2D eigenvalue weighted by atomic mass is 127. The second-order valence-corrected chi connectivity index (χ2v) is 8.39. The van der Waals surface area contributed by atoms with E-state index in [0.717, 1.165) is 3.57 Å². The van der Waals surface area contributed by atoms with Gasteiger partial charge in [-0.2, -0.15) is 0 Å². The molecular weight excluding hydrogens is 503 g/mol. The van der Waals surface area contributed by atoms with E-state index in [1.165, 1.54) is 0 Å². The first kappa shape index (κ1) is 21.3. The summed E-state index contributed by atoms with van der Waals surface area (Å²) in [5.74, 6) is 0.314. The van der Waals surface area contributed by atoms with E-state index in [9.17, 15) is 9.59 Å². The molecule has 0 aliphatic rings. The third-order valence-electron chi connectivity index (χ3n) is 4.13. The van der Waals surface area contributed by atoms with Crippen LogP contribution in [0.2, 0.25) is 5.02 Å². The number of hydrogen-bond acceptors (Lipinski definition) is 4. The zero-order valence-electron chi connectivity index (χ0n) is 15.8. The number of esters is 1. The SMILES string of the molecule is CC(C)(Oc1ccc(C(=O)c2ccc(Cl)cc2)cc1)C(=O)Oc1ccccc1I. The van der Waals surface area contributed by atoms with Crippen molar-refractivity contribution in [3.05, 3.63) is 92.5 Å². The van der Waals surface area contributed by atoms with E-state index in [-0.39, 0.29) is 5.78 Å². The maximum atomic E-state index is 12.6. The topological polar surface area (TPSA) is 52.6 Å². The standard InChI is InChI=1S/C23H18ClIO4/c1-23(2,22(27)28-20-6-4-3-5-19(20)25)29-18-13-9-16(10-14-18)21(26)15-7-11-17(24)12-8-15/h3-14H,1-2H3. The number of para-hydroxylation sites is 1. The highest BCUT2D eigenvalue weighted by Crippen LogP contribution is 2.25. The molecule has 0 aliphatic heterocycles. The van der Waals surface area contributed by atoms with E-state index >= 15 is 0 Å². The molecule has 0 atom stereocenters. The number of benzene rings is 3. The normalized spacial score (nSPS) is 11.0. The van der Waals surface area contributed by atoms with Crippen molar-refractivity contribution < 1.29 is 19.1 Å². The molecule has 0 amide bonds. The van der Waals surface area contributed by atoms with Crippen LogP contribution in [0.25, 0.3) is 0 Å². The molecule has 148 valence electrons.